The Kier molecular flexibility index (Phi) is 14.2. The lowest BCUT2D eigenvalue weighted by molar-refractivity contribution is -0.135. The Balaban J connectivity index is 1.76. The molecule has 0 bridgehead atoms. The zero-order chi connectivity index (χ0) is 24.7. The molecule has 0 radical (unpaired) electrons. The first-order chi connectivity index (χ1) is 16.5. The highest BCUT2D eigenvalue weighted by Crippen LogP contribution is 2.39. The van der Waals surface area contributed by atoms with Gasteiger partial charge >= 0.3 is 6.03 Å². The maximum absolute atomic E-state index is 13.2. The fourth-order valence-corrected chi connectivity index (χ4v) is 5.50. The van der Waals surface area contributed by atoms with Gasteiger partial charge in [-0.1, -0.05) is 110 Å². The number of carbonyl (C=O) groups is 2. The Bertz CT molecular complexity index is 558. The van der Waals surface area contributed by atoms with Crippen molar-refractivity contribution >= 4 is 11.9 Å². The summed E-state index contributed by atoms with van der Waals surface area (Å²) in [7, 11) is 0. The second-order valence-electron chi connectivity index (χ2n) is 11.2. The summed E-state index contributed by atoms with van der Waals surface area (Å²) < 4.78 is 0. The largest absolute Gasteiger partial charge is 0.326 e. The van der Waals surface area contributed by atoms with Crippen molar-refractivity contribution in [2.24, 2.45) is 5.92 Å². The van der Waals surface area contributed by atoms with Gasteiger partial charge in [0.1, 0.15) is 5.54 Å². The third-order valence-corrected chi connectivity index (χ3v) is 8.22. The molecule has 2 aliphatic rings. The summed E-state index contributed by atoms with van der Waals surface area (Å²) in [6.07, 6.45) is 24.2. The Hall–Kier alpha value is -1.10. The Morgan fingerprint density at radius 2 is 1.21 bits per heavy atom. The van der Waals surface area contributed by atoms with E-state index >= 15 is 0 Å². The van der Waals surface area contributed by atoms with Gasteiger partial charge in [0.05, 0.1) is 6.67 Å². The van der Waals surface area contributed by atoms with Gasteiger partial charge in [-0.15, -0.1) is 0 Å². The molecule has 1 saturated carbocycles. The molecule has 1 heterocycles. The minimum absolute atomic E-state index is 0.000881. The zero-order valence-electron chi connectivity index (χ0n) is 22.8. The number of carbonyl (C=O) groups excluding carboxylic acids is 2. The molecule has 2 fully saturated rings. The molecule has 1 aliphatic heterocycles. The first-order valence-electron chi connectivity index (χ1n) is 14.9. The SMILES string of the molecule is CCCCCCCCCCN(CCCCCCCCCC)CN1C(=O)NC(C)(C2CCC2)C1=O. The van der Waals surface area contributed by atoms with Gasteiger partial charge in [0.25, 0.3) is 5.91 Å². The number of nitrogens with one attached hydrogen (secondary N) is 1. The molecule has 0 spiro atoms. The quantitative estimate of drug-likeness (QED) is 0.136. The van der Waals surface area contributed by atoms with Gasteiger partial charge in [-0.2, -0.15) is 0 Å². The summed E-state index contributed by atoms with van der Waals surface area (Å²) in [5.74, 6) is 0.307. The van der Waals surface area contributed by atoms with E-state index in [0.717, 1.165) is 38.8 Å². The van der Waals surface area contributed by atoms with Gasteiger partial charge in [0.2, 0.25) is 0 Å². The summed E-state index contributed by atoms with van der Waals surface area (Å²) in [6.45, 7) is 8.91. The van der Waals surface area contributed by atoms with Crippen LogP contribution >= 0.6 is 0 Å². The van der Waals surface area contributed by atoms with E-state index in [9.17, 15) is 9.59 Å². The number of imide groups is 1. The van der Waals surface area contributed by atoms with Crippen LogP contribution in [0, 0.1) is 5.92 Å². The van der Waals surface area contributed by atoms with Crippen LogP contribution in [-0.2, 0) is 4.79 Å². The first kappa shape index (κ1) is 29.1. The molecule has 2 rings (SSSR count). The van der Waals surface area contributed by atoms with Crippen molar-refractivity contribution in [3.8, 4) is 0 Å². The van der Waals surface area contributed by atoms with Crippen LogP contribution in [0.15, 0.2) is 0 Å². The third kappa shape index (κ3) is 9.51. The van der Waals surface area contributed by atoms with E-state index in [0.29, 0.717) is 12.6 Å². The number of urea groups is 1. The topological polar surface area (TPSA) is 52.6 Å². The first-order valence-corrected chi connectivity index (χ1v) is 14.9. The van der Waals surface area contributed by atoms with E-state index in [1.807, 2.05) is 6.92 Å². The fourth-order valence-electron chi connectivity index (χ4n) is 5.50. The summed E-state index contributed by atoms with van der Waals surface area (Å²) in [6, 6.07) is -0.184. The lowest BCUT2D eigenvalue weighted by atomic mass is 9.71. The monoisotopic (exact) mass is 477 g/mol. The van der Waals surface area contributed by atoms with Crippen LogP contribution in [0.25, 0.3) is 0 Å². The fraction of sp³-hybridized carbons (Fsp3) is 0.931. The van der Waals surface area contributed by atoms with E-state index in [4.69, 9.17) is 0 Å². The number of amides is 3. The third-order valence-electron chi connectivity index (χ3n) is 8.22. The standard InChI is InChI=1S/C29H55N3O2/c1-4-6-8-10-12-14-16-18-23-31(24-19-17-15-13-11-9-7-5-2)25-32-27(33)29(3,30-28(32)34)26-21-20-22-26/h26H,4-25H2,1-3H3,(H,30,34). The zero-order valence-corrected chi connectivity index (χ0v) is 22.8. The Labute approximate surface area is 210 Å². The lowest BCUT2D eigenvalue weighted by Crippen LogP contribution is -2.53. The van der Waals surface area contributed by atoms with E-state index in [2.05, 4.69) is 24.1 Å². The van der Waals surface area contributed by atoms with Crippen molar-refractivity contribution in [2.75, 3.05) is 19.8 Å². The van der Waals surface area contributed by atoms with E-state index in [-0.39, 0.29) is 11.9 Å². The normalized spacial score (nSPS) is 20.9. The van der Waals surface area contributed by atoms with Crippen molar-refractivity contribution in [3.05, 3.63) is 0 Å². The average molecular weight is 478 g/mol. The van der Waals surface area contributed by atoms with Crippen LogP contribution in [-0.4, -0.2) is 47.0 Å². The molecule has 1 saturated heterocycles. The maximum Gasteiger partial charge on any atom is 0.326 e. The summed E-state index contributed by atoms with van der Waals surface area (Å²) in [4.78, 5) is 29.9. The van der Waals surface area contributed by atoms with Crippen LogP contribution in [0.1, 0.15) is 143 Å². The Morgan fingerprint density at radius 3 is 1.62 bits per heavy atom. The predicted octanol–water partition coefficient (Wildman–Crippen LogP) is 7.64. The van der Waals surface area contributed by atoms with Gasteiger partial charge in [0.15, 0.2) is 0 Å². The van der Waals surface area contributed by atoms with Crippen molar-refractivity contribution in [3.63, 3.8) is 0 Å². The van der Waals surface area contributed by atoms with E-state index < -0.39 is 5.54 Å². The molecule has 3 amide bonds. The Morgan fingerprint density at radius 1 is 0.765 bits per heavy atom. The molecule has 5 heteroatoms. The molecule has 0 aromatic rings. The molecule has 1 unspecified atom stereocenters. The van der Waals surface area contributed by atoms with Gasteiger partial charge in [-0.25, -0.2) is 9.69 Å². The summed E-state index contributed by atoms with van der Waals surface area (Å²) in [5.41, 5.74) is -0.683. The maximum atomic E-state index is 13.2. The summed E-state index contributed by atoms with van der Waals surface area (Å²) in [5, 5.41) is 3.05. The molecule has 34 heavy (non-hydrogen) atoms. The van der Waals surface area contributed by atoms with Crippen LogP contribution < -0.4 is 5.32 Å². The van der Waals surface area contributed by atoms with E-state index in [1.165, 1.54) is 101 Å². The van der Waals surface area contributed by atoms with Crippen LogP contribution in [0.2, 0.25) is 0 Å². The smallest absolute Gasteiger partial charge is 0.323 e. The van der Waals surface area contributed by atoms with E-state index in [1.54, 1.807) is 0 Å². The summed E-state index contributed by atoms with van der Waals surface area (Å²) >= 11 is 0. The van der Waals surface area contributed by atoms with Crippen LogP contribution in [0.3, 0.4) is 0 Å². The van der Waals surface area contributed by atoms with Gasteiger partial charge in [-0.3, -0.25) is 9.69 Å². The highest BCUT2D eigenvalue weighted by molar-refractivity contribution is 6.07. The number of unbranched alkanes of at least 4 members (excludes halogenated alkanes) is 14. The minimum Gasteiger partial charge on any atom is -0.323 e. The number of nitrogens with zero attached hydrogens (tertiary/aromatic N) is 2. The number of rotatable bonds is 21. The number of hydrogen-bond acceptors (Lipinski definition) is 3. The lowest BCUT2D eigenvalue weighted by Gasteiger charge is -2.38. The molecular formula is C29H55N3O2. The van der Waals surface area contributed by atoms with Gasteiger partial charge < -0.3 is 5.32 Å². The van der Waals surface area contributed by atoms with Crippen molar-refractivity contribution in [1.82, 2.24) is 15.1 Å². The molecular weight excluding hydrogens is 422 g/mol. The molecule has 198 valence electrons. The minimum atomic E-state index is -0.683. The second kappa shape index (κ2) is 16.5. The second-order valence-corrected chi connectivity index (χ2v) is 11.2. The molecule has 5 nitrogen and oxygen atoms in total. The average Bonchev–Trinajstić information content (AvgIpc) is 2.98. The van der Waals surface area contributed by atoms with Gasteiger partial charge in [0, 0.05) is 0 Å². The van der Waals surface area contributed by atoms with Crippen molar-refractivity contribution < 1.29 is 9.59 Å². The predicted molar refractivity (Wildman–Crippen MR) is 143 cm³/mol. The van der Waals surface area contributed by atoms with Gasteiger partial charge in [-0.05, 0) is 51.6 Å². The van der Waals surface area contributed by atoms with Crippen molar-refractivity contribution in [1.29, 1.82) is 0 Å². The molecule has 1 N–H and O–H groups in total. The highest BCUT2D eigenvalue weighted by Gasteiger charge is 2.53. The number of hydrogen-bond donors (Lipinski definition) is 1. The molecule has 0 aromatic heterocycles. The highest BCUT2D eigenvalue weighted by atomic mass is 16.2. The molecule has 0 aromatic carbocycles. The van der Waals surface area contributed by atoms with Crippen LogP contribution in [0.5, 0.6) is 0 Å². The van der Waals surface area contributed by atoms with Crippen molar-refractivity contribution in [2.45, 2.75) is 148 Å². The molecule has 1 atom stereocenters. The molecule has 1 aliphatic carbocycles. The van der Waals surface area contributed by atoms with Crippen LogP contribution in [0.4, 0.5) is 4.79 Å².